The smallest absolute Gasteiger partial charge is 0.373 e. The molecule has 0 fully saturated rings. The van der Waals surface area contributed by atoms with Crippen molar-refractivity contribution in [3.05, 3.63) is 23.7 Å². The fraction of sp³-hybridized carbons (Fsp3) is 0.583. The van der Waals surface area contributed by atoms with E-state index in [1.54, 1.807) is 12.1 Å². The summed E-state index contributed by atoms with van der Waals surface area (Å²) in [6.07, 6.45) is 3.08. The van der Waals surface area contributed by atoms with Crippen LogP contribution in [0.2, 0.25) is 0 Å². The second kappa shape index (κ2) is 7.86. The molecule has 0 atom stereocenters. The SMILES string of the molecule is COC(=O)c1ccc(COCCCCCN)o1. The van der Waals surface area contributed by atoms with Crippen molar-refractivity contribution in [2.24, 2.45) is 5.73 Å². The van der Waals surface area contributed by atoms with Crippen molar-refractivity contribution in [3.8, 4) is 0 Å². The van der Waals surface area contributed by atoms with Gasteiger partial charge >= 0.3 is 5.97 Å². The fourth-order valence-corrected chi connectivity index (χ4v) is 1.36. The highest BCUT2D eigenvalue weighted by atomic mass is 16.5. The molecule has 0 radical (unpaired) electrons. The Kier molecular flexibility index (Phi) is 6.35. The van der Waals surface area contributed by atoms with Crippen LogP contribution in [0.1, 0.15) is 35.6 Å². The highest BCUT2D eigenvalue weighted by Gasteiger charge is 2.10. The standard InChI is InChI=1S/C12H19NO4/c1-15-12(14)11-6-5-10(17-11)9-16-8-4-2-3-7-13/h5-6H,2-4,7-9,13H2,1H3. The molecule has 1 aromatic heterocycles. The molecule has 0 aliphatic rings. The lowest BCUT2D eigenvalue weighted by molar-refractivity contribution is 0.0552. The Morgan fingerprint density at radius 1 is 1.35 bits per heavy atom. The van der Waals surface area contributed by atoms with Crippen LogP contribution in [0.15, 0.2) is 16.5 Å². The van der Waals surface area contributed by atoms with Gasteiger partial charge in [0.15, 0.2) is 0 Å². The molecule has 1 aromatic rings. The van der Waals surface area contributed by atoms with Gasteiger partial charge in [0.2, 0.25) is 5.76 Å². The van der Waals surface area contributed by atoms with Crippen molar-refractivity contribution in [2.75, 3.05) is 20.3 Å². The molecule has 1 heterocycles. The highest BCUT2D eigenvalue weighted by molar-refractivity contribution is 5.86. The summed E-state index contributed by atoms with van der Waals surface area (Å²) in [5.41, 5.74) is 5.38. The molecule has 0 unspecified atom stereocenters. The number of carbonyl (C=O) groups excluding carboxylic acids is 1. The molecule has 96 valence electrons. The van der Waals surface area contributed by atoms with Crippen molar-refractivity contribution >= 4 is 5.97 Å². The van der Waals surface area contributed by atoms with Crippen LogP contribution >= 0.6 is 0 Å². The Bertz CT molecular complexity index is 335. The maximum Gasteiger partial charge on any atom is 0.373 e. The predicted octanol–water partition coefficient (Wildman–Crippen LogP) is 1.71. The number of nitrogens with two attached hydrogens (primary N) is 1. The lowest BCUT2D eigenvalue weighted by Gasteiger charge is -2.01. The molecular formula is C12H19NO4. The van der Waals surface area contributed by atoms with Crippen LogP contribution in [0.3, 0.4) is 0 Å². The second-order valence-electron chi connectivity index (χ2n) is 3.66. The van der Waals surface area contributed by atoms with Crippen molar-refractivity contribution in [1.29, 1.82) is 0 Å². The summed E-state index contributed by atoms with van der Waals surface area (Å²) in [7, 11) is 1.32. The summed E-state index contributed by atoms with van der Waals surface area (Å²) in [5.74, 6) is 0.359. The number of rotatable bonds is 8. The summed E-state index contributed by atoms with van der Waals surface area (Å²) >= 11 is 0. The van der Waals surface area contributed by atoms with Crippen LogP contribution in [0.5, 0.6) is 0 Å². The monoisotopic (exact) mass is 241 g/mol. The number of hydrogen-bond donors (Lipinski definition) is 1. The predicted molar refractivity (Wildman–Crippen MR) is 62.6 cm³/mol. The second-order valence-corrected chi connectivity index (χ2v) is 3.66. The van der Waals surface area contributed by atoms with Gasteiger partial charge in [-0.15, -0.1) is 0 Å². The van der Waals surface area contributed by atoms with E-state index < -0.39 is 5.97 Å². The van der Waals surface area contributed by atoms with E-state index in [-0.39, 0.29) is 5.76 Å². The van der Waals surface area contributed by atoms with E-state index >= 15 is 0 Å². The Morgan fingerprint density at radius 2 is 2.18 bits per heavy atom. The number of furan rings is 1. The van der Waals surface area contributed by atoms with Crippen molar-refractivity contribution in [1.82, 2.24) is 0 Å². The van der Waals surface area contributed by atoms with Gasteiger partial charge in [-0.3, -0.25) is 0 Å². The van der Waals surface area contributed by atoms with E-state index in [0.29, 0.717) is 19.0 Å². The summed E-state index contributed by atoms with van der Waals surface area (Å²) in [6.45, 7) is 1.77. The molecule has 5 heteroatoms. The summed E-state index contributed by atoms with van der Waals surface area (Å²) in [4.78, 5) is 11.1. The lowest BCUT2D eigenvalue weighted by atomic mass is 10.2. The van der Waals surface area contributed by atoms with Gasteiger partial charge in [-0.25, -0.2) is 4.79 Å². The molecular weight excluding hydrogens is 222 g/mol. The number of hydrogen-bond acceptors (Lipinski definition) is 5. The molecule has 0 saturated carbocycles. The Morgan fingerprint density at radius 3 is 2.88 bits per heavy atom. The molecule has 0 bridgehead atoms. The molecule has 0 aliphatic heterocycles. The van der Waals surface area contributed by atoms with Crippen LogP contribution in [-0.2, 0) is 16.1 Å². The van der Waals surface area contributed by atoms with Crippen LogP contribution in [0.4, 0.5) is 0 Å². The first kappa shape index (κ1) is 13.7. The van der Waals surface area contributed by atoms with E-state index in [0.717, 1.165) is 25.8 Å². The minimum atomic E-state index is -0.473. The fourth-order valence-electron chi connectivity index (χ4n) is 1.36. The third kappa shape index (κ3) is 5.01. The zero-order chi connectivity index (χ0) is 12.5. The minimum absolute atomic E-state index is 0.203. The zero-order valence-corrected chi connectivity index (χ0v) is 10.1. The van der Waals surface area contributed by atoms with Gasteiger partial charge in [-0.05, 0) is 37.9 Å². The van der Waals surface area contributed by atoms with E-state index in [4.69, 9.17) is 14.9 Å². The van der Waals surface area contributed by atoms with Crippen molar-refractivity contribution in [3.63, 3.8) is 0 Å². The van der Waals surface area contributed by atoms with Crippen molar-refractivity contribution in [2.45, 2.75) is 25.9 Å². The van der Waals surface area contributed by atoms with E-state index in [9.17, 15) is 4.79 Å². The van der Waals surface area contributed by atoms with Crippen LogP contribution in [0, 0.1) is 0 Å². The number of ether oxygens (including phenoxy) is 2. The molecule has 0 aliphatic carbocycles. The van der Waals surface area contributed by atoms with E-state index in [2.05, 4.69) is 4.74 Å². The number of carbonyl (C=O) groups is 1. The zero-order valence-electron chi connectivity index (χ0n) is 10.1. The van der Waals surface area contributed by atoms with Crippen LogP contribution < -0.4 is 5.73 Å². The lowest BCUT2D eigenvalue weighted by Crippen LogP contribution is -2.00. The molecule has 0 saturated heterocycles. The molecule has 0 aromatic carbocycles. The average Bonchev–Trinajstić information content (AvgIpc) is 2.81. The third-order valence-corrected chi connectivity index (χ3v) is 2.29. The molecule has 5 nitrogen and oxygen atoms in total. The molecule has 17 heavy (non-hydrogen) atoms. The van der Waals surface area contributed by atoms with Gasteiger partial charge < -0.3 is 19.6 Å². The summed E-state index contributed by atoms with van der Waals surface area (Å²) in [6, 6.07) is 3.30. The van der Waals surface area contributed by atoms with Gasteiger partial charge in [0.25, 0.3) is 0 Å². The maximum atomic E-state index is 11.1. The van der Waals surface area contributed by atoms with E-state index in [1.807, 2.05) is 0 Å². The molecule has 1 rings (SSSR count). The van der Waals surface area contributed by atoms with Crippen LogP contribution in [0.25, 0.3) is 0 Å². The molecule has 0 spiro atoms. The van der Waals surface area contributed by atoms with Gasteiger partial charge in [0, 0.05) is 6.61 Å². The summed E-state index contributed by atoms with van der Waals surface area (Å²) < 4.78 is 15.2. The topological polar surface area (TPSA) is 74.7 Å². The summed E-state index contributed by atoms with van der Waals surface area (Å²) in [5, 5.41) is 0. The first-order valence-corrected chi connectivity index (χ1v) is 5.72. The normalized spacial score (nSPS) is 10.5. The van der Waals surface area contributed by atoms with E-state index in [1.165, 1.54) is 7.11 Å². The minimum Gasteiger partial charge on any atom is -0.463 e. The number of methoxy groups -OCH3 is 1. The Hall–Kier alpha value is -1.33. The highest BCUT2D eigenvalue weighted by Crippen LogP contribution is 2.10. The molecule has 2 N–H and O–H groups in total. The Labute approximate surface area is 101 Å². The van der Waals surface area contributed by atoms with Crippen LogP contribution in [-0.4, -0.2) is 26.2 Å². The quantitative estimate of drug-likeness (QED) is 0.554. The number of esters is 1. The van der Waals surface area contributed by atoms with Gasteiger partial charge in [-0.2, -0.15) is 0 Å². The maximum absolute atomic E-state index is 11.1. The molecule has 0 amide bonds. The first-order chi connectivity index (χ1) is 8.27. The average molecular weight is 241 g/mol. The van der Waals surface area contributed by atoms with Gasteiger partial charge in [0.1, 0.15) is 12.4 Å². The first-order valence-electron chi connectivity index (χ1n) is 5.72. The third-order valence-electron chi connectivity index (χ3n) is 2.29. The number of unbranched alkanes of at least 4 members (excludes halogenated alkanes) is 2. The van der Waals surface area contributed by atoms with Crippen molar-refractivity contribution < 1.29 is 18.7 Å². The Balaban J connectivity index is 2.19. The largest absolute Gasteiger partial charge is 0.463 e. The van der Waals surface area contributed by atoms with Gasteiger partial charge in [-0.1, -0.05) is 0 Å². The van der Waals surface area contributed by atoms with Gasteiger partial charge in [0.05, 0.1) is 7.11 Å².